The summed E-state index contributed by atoms with van der Waals surface area (Å²) in [6.07, 6.45) is 8.71. The molecule has 6 heterocycles. The van der Waals surface area contributed by atoms with Crippen molar-refractivity contribution in [3.63, 3.8) is 0 Å². The van der Waals surface area contributed by atoms with Crippen molar-refractivity contribution in [3.8, 4) is 0 Å². The second-order valence-corrected chi connectivity index (χ2v) is 21.5. The molecular weight excluding hydrogens is 884 g/mol. The average molecular weight is 941 g/mol. The SMILES string of the molecule is C.Cc1ccc(N2CCCNS2(=O)=O)cc1.Cc1ccc(N2CCCNS2(=O)=O)cc1F.Cc1ccc(N2CCCNS2(=O)=O)cn1.Cc1ncc(N2CCCCS2(=O)=O)cn1. The van der Waals surface area contributed by atoms with Crippen molar-refractivity contribution in [1.82, 2.24) is 29.1 Å². The van der Waals surface area contributed by atoms with Crippen molar-refractivity contribution in [2.24, 2.45) is 0 Å². The second kappa shape index (κ2) is 21.7. The highest BCUT2D eigenvalue weighted by Gasteiger charge is 2.28. The number of hydrogen-bond donors (Lipinski definition) is 3. The van der Waals surface area contributed by atoms with Crippen LogP contribution in [-0.4, -0.2) is 100 Å². The Balaban J connectivity index is 0.000000181. The van der Waals surface area contributed by atoms with Gasteiger partial charge in [0.05, 0.1) is 47.1 Å². The van der Waals surface area contributed by atoms with E-state index in [4.69, 9.17) is 0 Å². The number of pyridine rings is 1. The van der Waals surface area contributed by atoms with E-state index in [-0.39, 0.29) is 13.2 Å². The van der Waals surface area contributed by atoms with Crippen LogP contribution in [0.4, 0.5) is 27.1 Å². The quantitative estimate of drug-likeness (QED) is 0.265. The van der Waals surface area contributed by atoms with Gasteiger partial charge in [-0.05, 0) is 102 Å². The number of nitrogens with one attached hydrogen (secondary N) is 3. The Bertz CT molecular complexity index is 2330. The van der Waals surface area contributed by atoms with E-state index in [2.05, 4.69) is 29.1 Å². The summed E-state index contributed by atoms with van der Waals surface area (Å²) in [7, 11) is -13.3. The van der Waals surface area contributed by atoms with Crippen LogP contribution < -0.4 is 31.4 Å². The van der Waals surface area contributed by atoms with E-state index in [0.29, 0.717) is 80.7 Å². The number of halogens is 1. The first-order valence-electron chi connectivity index (χ1n) is 19.7. The minimum Gasteiger partial charge on any atom is -0.267 e. The number of sulfonamides is 1. The number of hydrogen-bond acceptors (Lipinski definition) is 11. The highest BCUT2D eigenvalue weighted by molar-refractivity contribution is 7.93. The fourth-order valence-corrected chi connectivity index (χ4v) is 11.9. The maximum atomic E-state index is 13.3. The van der Waals surface area contributed by atoms with Crippen molar-refractivity contribution in [3.05, 3.63) is 102 Å². The third-order valence-electron chi connectivity index (χ3n) is 9.69. The maximum Gasteiger partial charge on any atom is 0.301 e. The fraction of sp³-hybridized carbons (Fsp3) is 0.462. The minimum atomic E-state index is -3.49. The molecule has 342 valence electrons. The third-order valence-corrected chi connectivity index (χ3v) is 16.2. The molecule has 4 aliphatic rings. The van der Waals surface area contributed by atoms with Gasteiger partial charge in [0.2, 0.25) is 10.0 Å². The van der Waals surface area contributed by atoms with Crippen LogP contribution in [0.2, 0.25) is 0 Å². The molecule has 23 heteroatoms. The monoisotopic (exact) mass is 940 g/mol. The first-order chi connectivity index (χ1) is 28.8. The van der Waals surface area contributed by atoms with E-state index >= 15 is 0 Å². The molecule has 0 radical (unpaired) electrons. The van der Waals surface area contributed by atoms with Crippen molar-refractivity contribution >= 4 is 63.4 Å². The molecule has 2 aromatic heterocycles. The van der Waals surface area contributed by atoms with Crippen molar-refractivity contribution < 1.29 is 38.1 Å². The van der Waals surface area contributed by atoms with E-state index < -0.39 is 46.5 Å². The number of aryl methyl sites for hydroxylation is 4. The lowest BCUT2D eigenvalue weighted by atomic mass is 10.2. The Kier molecular flexibility index (Phi) is 17.6. The molecule has 4 saturated heterocycles. The molecule has 0 aliphatic carbocycles. The summed E-state index contributed by atoms with van der Waals surface area (Å²) in [5.41, 5.74) is 4.80. The number of nitrogens with zero attached hydrogens (tertiary/aromatic N) is 7. The summed E-state index contributed by atoms with van der Waals surface area (Å²) in [6.45, 7) is 10.7. The Labute approximate surface area is 366 Å². The Morgan fingerprint density at radius 1 is 0.516 bits per heavy atom. The van der Waals surface area contributed by atoms with Crippen molar-refractivity contribution in [2.75, 3.05) is 68.8 Å². The summed E-state index contributed by atoms with van der Waals surface area (Å²) >= 11 is 0. The van der Waals surface area contributed by atoms with Gasteiger partial charge in [-0.2, -0.15) is 39.4 Å². The second-order valence-electron chi connectivity index (χ2n) is 14.5. The zero-order valence-electron chi connectivity index (χ0n) is 34.5. The molecule has 0 bridgehead atoms. The van der Waals surface area contributed by atoms with Crippen LogP contribution in [-0.2, 0) is 40.7 Å². The molecule has 0 saturated carbocycles. The molecule has 4 fully saturated rings. The van der Waals surface area contributed by atoms with Crippen molar-refractivity contribution in [1.29, 1.82) is 0 Å². The van der Waals surface area contributed by atoms with E-state index in [0.717, 1.165) is 42.6 Å². The van der Waals surface area contributed by atoms with Gasteiger partial charge < -0.3 is 0 Å². The molecule has 4 aliphatic heterocycles. The first kappa shape index (κ1) is 50.1. The van der Waals surface area contributed by atoms with Gasteiger partial charge in [0.25, 0.3) is 0 Å². The summed E-state index contributed by atoms with van der Waals surface area (Å²) in [5.74, 6) is 0.479. The summed E-state index contributed by atoms with van der Waals surface area (Å²) < 4.78 is 120. The van der Waals surface area contributed by atoms with Crippen LogP contribution in [0.5, 0.6) is 0 Å². The molecule has 0 unspecified atom stereocenters. The van der Waals surface area contributed by atoms with E-state index in [1.165, 1.54) is 23.3 Å². The zero-order chi connectivity index (χ0) is 44.4. The van der Waals surface area contributed by atoms with E-state index in [9.17, 15) is 38.1 Å². The van der Waals surface area contributed by atoms with Gasteiger partial charge in [-0.15, -0.1) is 0 Å². The highest BCUT2D eigenvalue weighted by atomic mass is 32.2. The molecular formula is C39H57FN10O8S4. The summed E-state index contributed by atoms with van der Waals surface area (Å²) in [5, 5.41) is 0. The van der Waals surface area contributed by atoms with Crippen molar-refractivity contribution in [2.45, 2.75) is 67.2 Å². The van der Waals surface area contributed by atoms with Crippen LogP contribution in [0, 0.1) is 33.5 Å². The highest BCUT2D eigenvalue weighted by Crippen LogP contribution is 2.24. The Morgan fingerprint density at radius 2 is 0.968 bits per heavy atom. The number of anilines is 4. The molecule has 3 N–H and O–H groups in total. The number of aromatic nitrogens is 3. The topological polar surface area (TPSA) is 224 Å². The van der Waals surface area contributed by atoms with Gasteiger partial charge >= 0.3 is 30.6 Å². The van der Waals surface area contributed by atoms with Gasteiger partial charge in [-0.25, -0.2) is 22.8 Å². The van der Waals surface area contributed by atoms with Gasteiger partial charge in [0, 0.05) is 51.5 Å². The minimum absolute atomic E-state index is 0. The van der Waals surface area contributed by atoms with Crippen LogP contribution in [0.25, 0.3) is 0 Å². The van der Waals surface area contributed by atoms with Crippen LogP contribution in [0.1, 0.15) is 62.2 Å². The molecule has 18 nitrogen and oxygen atoms in total. The predicted molar refractivity (Wildman–Crippen MR) is 242 cm³/mol. The average Bonchev–Trinajstić information content (AvgIpc) is 3.21. The predicted octanol–water partition coefficient (Wildman–Crippen LogP) is 4.00. The van der Waals surface area contributed by atoms with Crippen LogP contribution in [0.3, 0.4) is 0 Å². The summed E-state index contributed by atoms with van der Waals surface area (Å²) in [6, 6.07) is 15.5. The molecule has 0 atom stereocenters. The molecule has 62 heavy (non-hydrogen) atoms. The van der Waals surface area contributed by atoms with Gasteiger partial charge in [0.15, 0.2) is 0 Å². The molecule has 4 aromatic rings. The normalized spacial score (nSPS) is 19.8. The van der Waals surface area contributed by atoms with Gasteiger partial charge in [-0.1, -0.05) is 31.2 Å². The largest absolute Gasteiger partial charge is 0.301 e. The number of rotatable bonds is 4. The zero-order valence-corrected chi connectivity index (χ0v) is 37.8. The summed E-state index contributed by atoms with van der Waals surface area (Å²) in [4.78, 5) is 12.1. The van der Waals surface area contributed by atoms with Gasteiger partial charge in [-0.3, -0.25) is 22.2 Å². The lowest BCUT2D eigenvalue weighted by molar-refractivity contribution is 0.558. The molecule has 0 amide bonds. The lowest BCUT2D eigenvalue weighted by Crippen LogP contribution is -2.47. The van der Waals surface area contributed by atoms with Crippen LogP contribution in [0.15, 0.2) is 73.2 Å². The smallest absolute Gasteiger partial charge is 0.267 e. The lowest BCUT2D eigenvalue weighted by Gasteiger charge is -2.28. The first-order valence-corrected chi connectivity index (χ1v) is 25.6. The van der Waals surface area contributed by atoms with E-state index in [1.807, 2.05) is 38.1 Å². The Hall–Kier alpha value is -4.52. The Morgan fingerprint density at radius 3 is 1.44 bits per heavy atom. The molecule has 0 spiro atoms. The molecule has 2 aromatic carbocycles. The van der Waals surface area contributed by atoms with E-state index in [1.54, 1.807) is 56.7 Å². The van der Waals surface area contributed by atoms with Crippen LogP contribution >= 0.6 is 0 Å². The third kappa shape index (κ3) is 13.5. The molecule has 8 rings (SSSR count). The van der Waals surface area contributed by atoms with Gasteiger partial charge in [0.1, 0.15) is 11.6 Å². The standard InChI is InChI=1S/C10H13FN2O2S.C10H14N2O2S.2C9H13N3O2S.CH4/c1-8-3-4-9(7-10(8)11)13-6-2-5-12-16(13,14)15;1-9-3-5-10(6-4-9)12-8-2-7-11-15(12,13)14;1-8-3-4-9(7-10-8)12-6-2-5-11-15(12,13)14;1-8-10-6-9(7-11-8)12-4-2-3-5-15(12,13)14;/h3-4,7,12H,2,5-6H2,1H3;3-6,11H,2,7-8H2,1H3;3-4,7,11H,2,5-6H2,1H3;6-7H,2-5H2,1H3;1H4. The fourth-order valence-electron chi connectivity index (χ4n) is 6.32. The maximum absolute atomic E-state index is 13.3. The number of benzene rings is 2.